The highest BCUT2D eigenvalue weighted by Gasteiger charge is 2.15. The molecule has 0 radical (unpaired) electrons. The van der Waals surface area contributed by atoms with E-state index in [2.05, 4.69) is 31.9 Å². The molecule has 0 saturated carbocycles. The number of rotatable bonds is 4. The summed E-state index contributed by atoms with van der Waals surface area (Å²) in [5.74, 6) is 0.790. The number of ether oxygens (including phenoxy) is 1. The van der Waals surface area contributed by atoms with E-state index in [-0.39, 0.29) is 0 Å². The van der Waals surface area contributed by atoms with Gasteiger partial charge in [-0.15, -0.1) is 0 Å². The summed E-state index contributed by atoms with van der Waals surface area (Å²) in [7, 11) is 1.64. The van der Waals surface area contributed by atoms with E-state index in [1.165, 1.54) is 0 Å². The Morgan fingerprint density at radius 3 is 2.65 bits per heavy atom. The maximum absolute atomic E-state index is 10.5. The van der Waals surface area contributed by atoms with Crippen LogP contribution in [0.2, 0.25) is 0 Å². The third-order valence-corrected chi connectivity index (χ3v) is 5.10. The molecule has 0 aliphatic carbocycles. The van der Waals surface area contributed by atoms with Crippen molar-refractivity contribution in [3.63, 3.8) is 0 Å². The van der Waals surface area contributed by atoms with Gasteiger partial charge in [0.25, 0.3) is 0 Å². The van der Waals surface area contributed by atoms with E-state index in [1.54, 1.807) is 7.11 Å². The minimum atomic E-state index is -0.562. The van der Waals surface area contributed by atoms with Crippen molar-refractivity contribution in [2.24, 2.45) is 0 Å². The van der Waals surface area contributed by atoms with Gasteiger partial charge in [0.15, 0.2) is 0 Å². The zero-order valence-electron chi connectivity index (χ0n) is 11.4. The van der Waals surface area contributed by atoms with Crippen molar-refractivity contribution in [1.82, 2.24) is 0 Å². The summed E-state index contributed by atoms with van der Waals surface area (Å²) < 4.78 is 7.17. The number of aryl methyl sites for hydroxylation is 1. The maximum atomic E-state index is 10.5. The van der Waals surface area contributed by atoms with Gasteiger partial charge in [0.1, 0.15) is 5.75 Å². The molecular weight excluding hydrogens is 384 g/mol. The van der Waals surface area contributed by atoms with E-state index in [1.807, 2.05) is 43.3 Å². The van der Waals surface area contributed by atoms with Crippen molar-refractivity contribution in [3.05, 3.63) is 62.0 Å². The predicted octanol–water partition coefficient (Wildman–Crippen LogP) is 4.80. The van der Waals surface area contributed by atoms with Crippen LogP contribution < -0.4 is 4.74 Å². The van der Waals surface area contributed by atoms with Gasteiger partial charge >= 0.3 is 0 Å². The Labute approximate surface area is 136 Å². The van der Waals surface area contributed by atoms with Gasteiger partial charge < -0.3 is 9.84 Å². The van der Waals surface area contributed by atoms with Crippen molar-refractivity contribution < 1.29 is 9.84 Å². The Balaban J connectivity index is 2.27. The molecule has 2 aromatic carbocycles. The zero-order valence-corrected chi connectivity index (χ0v) is 14.5. The third kappa shape index (κ3) is 3.43. The number of aliphatic hydroxyl groups is 1. The topological polar surface area (TPSA) is 29.5 Å². The highest BCUT2D eigenvalue weighted by molar-refractivity contribution is 9.10. The number of methoxy groups -OCH3 is 1. The van der Waals surface area contributed by atoms with Crippen LogP contribution in [0.5, 0.6) is 5.75 Å². The van der Waals surface area contributed by atoms with E-state index in [0.29, 0.717) is 6.42 Å². The van der Waals surface area contributed by atoms with Crippen molar-refractivity contribution in [2.75, 3.05) is 7.11 Å². The molecule has 0 aromatic heterocycles. The van der Waals surface area contributed by atoms with Crippen LogP contribution in [0.1, 0.15) is 22.8 Å². The van der Waals surface area contributed by atoms with Gasteiger partial charge in [-0.2, -0.15) is 0 Å². The largest absolute Gasteiger partial charge is 0.497 e. The number of benzene rings is 2. The van der Waals surface area contributed by atoms with E-state index in [9.17, 15) is 5.11 Å². The van der Waals surface area contributed by atoms with Gasteiger partial charge in [0, 0.05) is 15.4 Å². The van der Waals surface area contributed by atoms with Gasteiger partial charge in [-0.3, -0.25) is 0 Å². The second kappa shape index (κ2) is 6.74. The van der Waals surface area contributed by atoms with Crippen LogP contribution in [0.3, 0.4) is 0 Å². The third-order valence-electron chi connectivity index (χ3n) is 3.25. The van der Waals surface area contributed by atoms with Crippen molar-refractivity contribution in [1.29, 1.82) is 0 Å². The molecule has 0 fully saturated rings. The van der Waals surface area contributed by atoms with Gasteiger partial charge in [-0.05, 0) is 41.8 Å². The fraction of sp³-hybridized carbons (Fsp3) is 0.250. The molecule has 1 N–H and O–H groups in total. The van der Waals surface area contributed by atoms with Crippen LogP contribution in [0.25, 0.3) is 0 Å². The molecule has 0 saturated heterocycles. The molecule has 1 unspecified atom stereocenters. The first kappa shape index (κ1) is 15.5. The SMILES string of the molecule is COc1ccc(Br)c(CC(O)c2cccc(C)c2Br)c1. The normalized spacial score (nSPS) is 12.2. The fourth-order valence-corrected chi connectivity index (χ4v) is 3.02. The molecule has 2 rings (SSSR count). The molecule has 106 valence electrons. The maximum Gasteiger partial charge on any atom is 0.119 e. The van der Waals surface area contributed by atoms with Crippen molar-refractivity contribution in [2.45, 2.75) is 19.4 Å². The van der Waals surface area contributed by atoms with Crippen LogP contribution in [-0.4, -0.2) is 12.2 Å². The molecule has 0 heterocycles. The summed E-state index contributed by atoms with van der Waals surface area (Å²) in [5.41, 5.74) is 3.04. The van der Waals surface area contributed by atoms with E-state index >= 15 is 0 Å². The second-order valence-electron chi connectivity index (χ2n) is 4.66. The Kier molecular flexibility index (Phi) is 5.24. The first-order chi connectivity index (χ1) is 9.52. The highest BCUT2D eigenvalue weighted by Crippen LogP contribution is 2.31. The van der Waals surface area contributed by atoms with E-state index < -0.39 is 6.10 Å². The lowest BCUT2D eigenvalue weighted by Gasteiger charge is -2.16. The summed E-state index contributed by atoms with van der Waals surface area (Å²) in [5, 5.41) is 10.5. The van der Waals surface area contributed by atoms with E-state index in [0.717, 1.165) is 31.4 Å². The molecule has 0 amide bonds. The first-order valence-electron chi connectivity index (χ1n) is 6.28. The summed E-state index contributed by atoms with van der Waals surface area (Å²) in [6, 6.07) is 11.7. The Morgan fingerprint density at radius 1 is 1.20 bits per heavy atom. The first-order valence-corrected chi connectivity index (χ1v) is 7.87. The lowest BCUT2D eigenvalue weighted by Crippen LogP contribution is -2.04. The fourth-order valence-electron chi connectivity index (χ4n) is 2.08. The van der Waals surface area contributed by atoms with Crippen molar-refractivity contribution >= 4 is 31.9 Å². The molecule has 0 aliphatic rings. The standard InChI is InChI=1S/C16H16Br2O2/c1-10-4-3-5-13(16(10)18)15(19)9-11-8-12(20-2)6-7-14(11)17/h3-8,15,19H,9H2,1-2H3. The van der Waals surface area contributed by atoms with Gasteiger partial charge in [-0.25, -0.2) is 0 Å². The molecule has 2 nitrogen and oxygen atoms in total. The second-order valence-corrected chi connectivity index (χ2v) is 6.30. The summed E-state index contributed by atoms with van der Waals surface area (Å²) in [6.45, 7) is 2.02. The Hall–Kier alpha value is -0.840. The predicted molar refractivity (Wildman–Crippen MR) is 88.2 cm³/mol. The monoisotopic (exact) mass is 398 g/mol. The Morgan fingerprint density at radius 2 is 1.95 bits per heavy atom. The molecule has 1 atom stereocenters. The molecular formula is C16H16Br2O2. The molecule has 4 heteroatoms. The summed E-state index contributed by atoms with van der Waals surface area (Å²) >= 11 is 7.06. The minimum absolute atomic E-state index is 0.528. The smallest absolute Gasteiger partial charge is 0.119 e. The van der Waals surface area contributed by atoms with Crippen LogP contribution in [0.15, 0.2) is 45.3 Å². The number of halogens is 2. The lowest BCUT2D eigenvalue weighted by molar-refractivity contribution is 0.177. The van der Waals surface area contributed by atoms with Gasteiger partial charge in [-0.1, -0.05) is 50.1 Å². The molecule has 0 aliphatic heterocycles. The quantitative estimate of drug-likeness (QED) is 0.799. The average molecular weight is 400 g/mol. The zero-order chi connectivity index (χ0) is 14.7. The molecule has 0 bridgehead atoms. The number of aliphatic hydroxyl groups excluding tert-OH is 1. The Bertz CT molecular complexity index is 611. The molecule has 0 spiro atoms. The van der Waals surface area contributed by atoms with Crippen LogP contribution in [-0.2, 0) is 6.42 Å². The van der Waals surface area contributed by atoms with Crippen LogP contribution in [0.4, 0.5) is 0 Å². The minimum Gasteiger partial charge on any atom is -0.497 e. The average Bonchev–Trinajstić information content (AvgIpc) is 2.44. The number of hydrogen-bond acceptors (Lipinski definition) is 2. The summed E-state index contributed by atoms with van der Waals surface area (Å²) in [4.78, 5) is 0. The highest BCUT2D eigenvalue weighted by atomic mass is 79.9. The molecule has 20 heavy (non-hydrogen) atoms. The number of hydrogen-bond donors (Lipinski definition) is 1. The van der Waals surface area contributed by atoms with Gasteiger partial charge in [0.05, 0.1) is 13.2 Å². The van der Waals surface area contributed by atoms with Crippen LogP contribution in [0, 0.1) is 6.92 Å². The van der Waals surface area contributed by atoms with Crippen LogP contribution >= 0.6 is 31.9 Å². The summed E-state index contributed by atoms with van der Waals surface area (Å²) in [6.07, 6.45) is -0.0347. The van der Waals surface area contributed by atoms with Gasteiger partial charge in [0.2, 0.25) is 0 Å². The van der Waals surface area contributed by atoms with Crippen molar-refractivity contribution in [3.8, 4) is 5.75 Å². The lowest BCUT2D eigenvalue weighted by atomic mass is 10.00. The van der Waals surface area contributed by atoms with E-state index in [4.69, 9.17) is 4.74 Å². The molecule has 2 aromatic rings.